The highest BCUT2D eigenvalue weighted by molar-refractivity contribution is 6.32. The minimum absolute atomic E-state index is 0.159. The number of fused-ring (bicyclic) bond motifs is 1. The molecule has 0 spiro atoms. The number of imidazole rings is 1. The minimum Gasteiger partial charge on any atom is -0.466 e. The number of aryl methyl sites for hydroxylation is 1. The number of pyridine rings is 1. The molecule has 5 aromatic rings. The number of hydrogen-bond acceptors (Lipinski definition) is 7. The molecule has 1 atom stereocenters. The highest BCUT2D eigenvalue weighted by atomic mass is 35.5. The highest BCUT2D eigenvalue weighted by Crippen LogP contribution is 2.36. The van der Waals surface area contributed by atoms with Crippen molar-refractivity contribution in [3.05, 3.63) is 98.5 Å². The Bertz CT molecular complexity index is 1780. The molecule has 1 N–H and O–H groups in total. The number of hydrogen-bond donors (Lipinski definition) is 1. The number of rotatable bonds is 7. The molecule has 202 valence electrons. The zero-order valence-corrected chi connectivity index (χ0v) is 22.9. The third-order valence-corrected chi connectivity index (χ3v) is 7.36. The summed E-state index contributed by atoms with van der Waals surface area (Å²) in [5.74, 6) is 0.305. The number of aromatic nitrogens is 7. The SMILES string of the molecule is CCOC(=O)Cc1cccc(-c2nc([C@@H]3CCc4cc(-c5cc(Cl)ccc5-n5cnnn5)cc(=O)n43)[nH]c2Cl)c1. The van der Waals surface area contributed by atoms with Crippen LogP contribution in [-0.4, -0.2) is 47.3 Å². The number of aromatic amines is 1. The summed E-state index contributed by atoms with van der Waals surface area (Å²) in [6, 6.07) is 16.1. The molecule has 0 saturated carbocycles. The summed E-state index contributed by atoms with van der Waals surface area (Å²) in [5.41, 5.74) is 5.02. The van der Waals surface area contributed by atoms with Gasteiger partial charge in [-0.25, -0.2) is 4.98 Å². The Morgan fingerprint density at radius 1 is 1.12 bits per heavy atom. The minimum atomic E-state index is -0.302. The van der Waals surface area contributed by atoms with Crippen LogP contribution in [0.25, 0.3) is 28.1 Å². The molecule has 0 amide bonds. The smallest absolute Gasteiger partial charge is 0.310 e. The van der Waals surface area contributed by atoms with E-state index in [1.807, 2.05) is 36.4 Å². The maximum absolute atomic E-state index is 13.5. The predicted octanol–water partition coefficient (Wildman–Crippen LogP) is 4.83. The zero-order chi connectivity index (χ0) is 27.8. The number of esters is 1. The van der Waals surface area contributed by atoms with Crippen LogP contribution in [0.5, 0.6) is 0 Å². The van der Waals surface area contributed by atoms with E-state index in [4.69, 9.17) is 32.9 Å². The summed E-state index contributed by atoms with van der Waals surface area (Å²) in [5, 5.41) is 12.3. The second-order valence-electron chi connectivity index (χ2n) is 9.38. The van der Waals surface area contributed by atoms with Crippen molar-refractivity contribution in [2.45, 2.75) is 32.2 Å². The van der Waals surface area contributed by atoms with Crippen molar-refractivity contribution in [1.82, 2.24) is 34.7 Å². The number of halogens is 2. The van der Waals surface area contributed by atoms with Crippen LogP contribution in [0, 0.1) is 0 Å². The van der Waals surface area contributed by atoms with E-state index < -0.39 is 0 Å². The lowest BCUT2D eigenvalue weighted by Gasteiger charge is -2.15. The first-order chi connectivity index (χ1) is 19.4. The molecule has 0 radical (unpaired) electrons. The molecule has 0 bridgehead atoms. The molecule has 12 heteroatoms. The first kappa shape index (κ1) is 26.0. The molecule has 0 unspecified atom stereocenters. The quantitative estimate of drug-likeness (QED) is 0.276. The Labute approximate surface area is 238 Å². The van der Waals surface area contributed by atoms with E-state index in [1.165, 1.54) is 11.0 Å². The normalized spacial score (nSPS) is 14.3. The van der Waals surface area contributed by atoms with Gasteiger partial charge in [0.2, 0.25) is 0 Å². The van der Waals surface area contributed by atoms with Crippen molar-refractivity contribution in [2.75, 3.05) is 6.61 Å². The van der Waals surface area contributed by atoms with E-state index in [0.29, 0.717) is 46.8 Å². The van der Waals surface area contributed by atoms with Gasteiger partial charge in [0.15, 0.2) is 0 Å². The molecule has 1 aliphatic rings. The molecule has 3 aromatic heterocycles. The van der Waals surface area contributed by atoms with E-state index in [2.05, 4.69) is 20.5 Å². The van der Waals surface area contributed by atoms with E-state index in [9.17, 15) is 9.59 Å². The lowest BCUT2D eigenvalue weighted by molar-refractivity contribution is -0.142. The number of nitrogens with one attached hydrogen (secondary N) is 1. The molecule has 0 fully saturated rings. The maximum Gasteiger partial charge on any atom is 0.310 e. The average Bonchev–Trinajstić information content (AvgIpc) is 3.69. The van der Waals surface area contributed by atoms with Gasteiger partial charge >= 0.3 is 5.97 Å². The molecular formula is C28H23Cl2N7O3. The van der Waals surface area contributed by atoms with Crippen molar-refractivity contribution < 1.29 is 9.53 Å². The van der Waals surface area contributed by atoms with Crippen molar-refractivity contribution in [2.24, 2.45) is 0 Å². The van der Waals surface area contributed by atoms with Crippen molar-refractivity contribution in [3.63, 3.8) is 0 Å². The highest BCUT2D eigenvalue weighted by Gasteiger charge is 2.29. The van der Waals surface area contributed by atoms with Crippen LogP contribution < -0.4 is 5.56 Å². The van der Waals surface area contributed by atoms with Crippen LogP contribution >= 0.6 is 23.2 Å². The largest absolute Gasteiger partial charge is 0.466 e. The summed E-state index contributed by atoms with van der Waals surface area (Å²) in [4.78, 5) is 33.4. The fourth-order valence-corrected chi connectivity index (χ4v) is 5.57. The zero-order valence-electron chi connectivity index (χ0n) is 21.3. The molecule has 40 heavy (non-hydrogen) atoms. The van der Waals surface area contributed by atoms with Gasteiger partial charge in [-0.3, -0.25) is 9.59 Å². The monoisotopic (exact) mass is 575 g/mol. The second kappa shape index (κ2) is 10.7. The molecule has 10 nitrogen and oxygen atoms in total. The first-order valence-electron chi connectivity index (χ1n) is 12.7. The predicted molar refractivity (Wildman–Crippen MR) is 150 cm³/mol. The van der Waals surface area contributed by atoms with Crippen LogP contribution in [0.15, 0.2) is 65.7 Å². The Kier molecular flexibility index (Phi) is 6.95. The first-order valence-corrected chi connectivity index (χ1v) is 13.5. The molecular weight excluding hydrogens is 553 g/mol. The Morgan fingerprint density at radius 3 is 2.80 bits per heavy atom. The van der Waals surface area contributed by atoms with Crippen molar-refractivity contribution >= 4 is 29.2 Å². The standard InChI is InChI=1S/C28H23Cl2N7O3/c1-2-40-25(39)11-16-4-3-5-17(10-16)26-27(30)33-28(32-26)23-9-7-20-12-18(13-24(38)37(20)23)21-14-19(29)6-8-22(21)36-15-31-34-35-36/h3-6,8,10,12-15,23H,2,7,9,11H2,1H3,(H,32,33)/t23-/m0/s1. The van der Waals surface area contributed by atoms with Gasteiger partial charge in [-0.1, -0.05) is 41.4 Å². The van der Waals surface area contributed by atoms with Crippen LogP contribution in [0.2, 0.25) is 10.2 Å². The van der Waals surface area contributed by atoms with Crippen molar-refractivity contribution in [1.29, 1.82) is 0 Å². The van der Waals surface area contributed by atoms with Gasteiger partial charge in [0.05, 0.1) is 24.8 Å². The molecule has 6 rings (SSSR count). The summed E-state index contributed by atoms with van der Waals surface area (Å²) < 4.78 is 8.35. The van der Waals surface area contributed by atoms with E-state index in [0.717, 1.165) is 27.9 Å². The van der Waals surface area contributed by atoms with Gasteiger partial charge in [-0.2, -0.15) is 4.68 Å². The second-order valence-corrected chi connectivity index (χ2v) is 10.2. The van der Waals surface area contributed by atoms with Gasteiger partial charge in [0.25, 0.3) is 5.56 Å². The number of carbonyl (C=O) groups excluding carboxylic acids is 1. The van der Waals surface area contributed by atoms with E-state index >= 15 is 0 Å². The molecule has 0 saturated heterocycles. The van der Waals surface area contributed by atoms with Gasteiger partial charge in [-0.05, 0) is 71.7 Å². The maximum atomic E-state index is 13.5. The molecule has 1 aliphatic heterocycles. The third-order valence-electron chi connectivity index (χ3n) is 6.85. The third kappa shape index (κ3) is 4.91. The fourth-order valence-electron chi connectivity index (χ4n) is 5.15. The Hall–Kier alpha value is -4.28. The summed E-state index contributed by atoms with van der Waals surface area (Å²) in [6.07, 6.45) is 3.01. The Balaban J connectivity index is 1.33. The number of benzene rings is 2. The topological polar surface area (TPSA) is 121 Å². The van der Waals surface area contributed by atoms with E-state index in [-0.39, 0.29) is 24.0 Å². The number of carbonyl (C=O) groups is 1. The van der Waals surface area contributed by atoms with Gasteiger partial charge in [-0.15, -0.1) is 5.10 Å². The van der Waals surface area contributed by atoms with Crippen LogP contribution in [0.1, 0.15) is 36.5 Å². The van der Waals surface area contributed by atoms with Crippen molar-refractivity contribution in [3.8, 4) is 28.1 Å². The summed E-state index contributed by atoms with van der Waals surface area (Å²) in [6.45, 7) is 2.11. The lowest BCUT2D eigenvalue weighted by atomic mass is 10.0. The van der Waals surface area contributed by atoms with Crippen LogP contribution in [0.3, 0.4) is 0 Å². The average molecular weight is 576 g/mol. The molecule has 0 aliphatic carbocycles. The molecule has 2 aromatic carbocycles. The van der Waals surface area contributed by atoms with E-state index in [1.54, 1.807) is 29.7 Å². The van der Waals surface area contributed by atoms with Gasteiger partial charge in [0, 0.05) is 27.9 Å². The summed E-state index contributed by atoms with van der Waals surface area (Å²) >= 11 is 12.9. The lowest BCUT2D eigenvalue weighted by Crippen LogP contribution is -2.24. The van der Waals surface area contributed by atoms with Gasteiger partial charge < -0.3 is 14.3 Å². The number of tetrazole rings is 1. The van der Waals surface area contributed by atoms with Crippen LogP contribution in [-0.2, 0) is 22.4 Å². The van der Waals surface area contributed by atoms with Crippen LogP contribution in [0.4, 0.5) is 0 Å². The Morgan fingerprint density at radius 2 is 2.00 bits per heavy atom. The van der Waals surface area contributed by atoms with Gasteiger partial charge in [0.1, 0.15) is 23.0 Å². The summed E-state index contributed by atoms with van der Waals surface area (Å²) in [7, 11) is 0. The number of ether oxygens (including phenoxy) is 1. The number of nitrogens with zero attached hydrogens (tertiary/aromatic N) is 6. The fraction of sp³-hybridized carbons (Fsp3) is 0.214. The molecule has 4 heterocycles. The number of H-pyrrole nitrogens is 1.